The van der Waals surface area contributed by atoms with Crippen molar-refractivity contribution in [2.75, 3.05) is 0 Å². The van der Waals surface area contributed by atoms with Crippen LogP contribution in [0.4, 0.5) is 0 Å². The molecule has 0 bridgehead atoms. The molecule has 1 aromatic rings. The summed E-state index contributed by atoms with van der Waals surface area (Å²) in [6.07, 6.45) is 4.42. The normalized spacial score (nSPS) is 14.5. The Kier molecular flexibility index (Phi) is 3.02. The zero-order valence-corrected chi connectivity index (χ0v) is 7.79. The maximum atomic E-state index is 10.9. The van der Waals surface area contributed by atoms with Gasteiger partial charge in [-0.05, 0) is 12.0 Å². The van der Waals surface area contributed by atoms with Crippen LogP contribution in [0.1, 0.15) is 18.9 Å². The van der Waals surface area contributed by atoms with E-state index in [-0.39, 0.29) is 0 Å². The Hall–Kier alpha value is -1.37. The maximum Gasteiger partial charge on any atom is 0.213 e. The molecule has 0 aliphatic carbocycles. The Morgan fingerprint density at radius 1 is 1.46 bits per heavy atom. The number of carbonyl (C=O) groups excluding carboxylic acids is 1. The van der Waals surface area contributed by atoms with E-state index in [0.29, 0.717) is 6.42 Å². The highest BCUT2D eigenvalue weighted by atomic mass is 16.1. The molecular formula is C12H13O. The van der Waals surface area contributed by atoms with E-state index >= 15 is 0 Å². The highest BCUT2D eigenvalue weighted by Gasteiger charge is 2.26. The van der Waals surface area contributed by atoms with Crippen LogP contribution in [0.15, 0.2) is 43.0 Å². The van der Waals surface area contributed by atoms with E-state index in [9.17, 15) is 4.79 Å². The summed E-state index contributed by atoms with van der Waals surface area (Å²) >= 11 is 0. The van der Waals surface area contributed by atoms with Crippen LogP contribution in [0.2, 0.25) is 0 Å². The van der Waals surface area contributed by atoms with Gasteiger partial charge >= 0.3 is 0 Å². The van der Waals surface area contributed by atoms with E-state index in [4.69, 9.17) is 0 Å². The lowest BCUT2D eigenvalue weighted by Crippen LogP contribution is -2.23. The average molecular weight is 173 g/mol. The van der Waals surface area contributed by atoms with E-state index < -0.39 is 5.41 Å². The number of allylic oxidation sites excluding steroid dienone is 1. The fraction of sp³-hybridized carbons (Fsp3) is 0.250. The minimum absolute atomic E-state index is 0.624. The molecule has 1 rings (SSSR count). The highest BCUT2D eigenvalue weighted by molar-refractivity contribution is 5.72. The van der Waals surface area contributed by atoms with Gasteiger partial charge in [-0.3, -0.25) is 4.79 Å². The molecule has 0 aliphatic rings. The van der Waals surface area contributed by atoms with Crippen LogP contribution in [0.3, 0.4) is 0 Å². The zero-order chi connectivity index (χ0) is 9.73. The van der Waals surface area contributed by atoms with Crippen LogP contribution in [0, 0.1) is 0 Å². The maximum absolute atomic E-state index is 10.9. The second-order valence-electron chi connectivity index (χ2n) is 3.00. The number of hydrogen-bond acceptors (Lipinski definition) is 1. The zero-order valence-electron chi connectivity index (χ0n) is 7.79. The third-order valence-corrected chi connectivity index (χ3v) is 2.38. The molecule has 0 saturated heterocycles. The van der Waals surface area contributed by atoms with Gasteiger partial charge in [0.25, 0.3) is 0 Å². The van der Waals surface area contributed by atoms with E-state index in [1.165, 1.54) is 0 Å². The molecule has 1 unspecified atom stereocenters. The minimum Gasteiger partial charge on any atom is -0.289 e. The monoisotopic (exact) mass is 173 g/mol. The standard InChI is InChI=1S/C12H13O/c1-3-12(4-2,10-13)11-8-6-5-7-9-11/h3,5-9H,1,4H2,2H3. The molecule has 1 radical (unpaired) electrons. The molecule has 0 saturated carbocycles. The number of hydrogen-bond donors (Lipinski definition) is 0. The van der Waals surface area contributed by atoms with Crippen molar-refractivity contribution in [3.05, 3.63) is 48.6 Å². The first-order chi connectivity index (χ1) is 6.29. The van der Waals surface area contributed by atoms with Gasteiger partial charge in [-0.2, -0.15) is 0 Å². The van der Waals surface area contributed by atoms with Gasteiger partial charge in [0.1, 0.15) is 0 Å². The molecule has 67 valence electrons. The molecule has 1 aromatic carbocycles. The average Bonchev–Trinajstić information content (AvgIpc) is 2.23. The van der Waals surface area contributed by atoms with Crippen LogP contribution < -0.4 is 0 Å². The van der Waals surface area contributed by atoms with Crippen molar-refractivity contribution in [2.24, 2.45) is 0 Å². The topological polar surface area (TPSA) is 17.1 Å². The summed E-state index contributed by atoms with van der Waals surface area (Å²) in [5.74, 6) is 0. The molecule has 0 N–H and O–H groups in total. The van der Waals surface area contributed by atoms with Crippen LogP contribution in [-0.2, 0) is 10.2 Å². The summed E-state index contributed by atoms with van der Waals surface area (Å²) < 4.78 is 0. The molecule has 13 heavy (non-hydrogen) atoms. The van der Waals surface area contributed by atoms with Gasteiger partial charge in [-0.15, -0.1) is 6.58 Å². The Labute approximate surface area is 79.1 Å². The number of benzene rings is 1. The van der Waals surface area contributed by atoms with Crippen LogP contribution in [-0.4, -0.2) is 6.29 Å². The molecule has 0 aromatic heterocycles. The summed E-state index contributed by atoms with van der Waals surface area (Å²) in [6.45, 7) is 5.65. The summed E-state index contributed by atoms with van der Waals surface area (Å²) in [4.78, 5) is 10.9. The summed E-state index contributed by atoms with van der Waals surface area (Å²) in [5.41, 5.74) is 0.337. The predicted molar refractivity (Wildman–Crippen MR) is 54.3 cm³/mol. The van der Waals surface area contributed by atoms with Crippen LogP contribution in [0.25, 0.3) is 0 Å². The van der Waals surface area contributed by atoms with Crippen molar-refractivity contribution in [3.8, 4) is 0 Å². The van der Waals surface area contributed by atoms with Crippen molar-refractivity contribution < 1.29 is 4.79 Å². The molecule has 0 aliphatic heterocycles. The third kappa shape index (κ3) is 1.69. The molecule has 0 spiro atoms. The summed E-state index contributed by atoms with van der Waals surface area (Å²) in [7, 11) is 0. The smallest absolute Gasteiger partial charge is 0.213 e. The quantitative estimate of drug-likeness (QED) is 0.640. The Bertz CT molecular complexity index is 279. The molecular weight excluding hydrogens is 160 g/mol. The van der Waals surface area contributed by atoms with Gasteiger partial charge < -0.3 is 0 Å². The van der Waals surface area contributed by atoms with Crippen LogP contribution >= 0.6 is 0 Å². The lowest BCUT2D eigenvalue weighted by Gasteiger charge is -2.21. The van der Waals surface area contributed by atoms with E-state index in [0.717, 1.165) is 5.56 Å². The predicted octanol–water partition coefficient (Wildman–Crippen LogP) is 2.63. The van der Waals surface area contributed by atoms with Gasteiger partial charge in [0.2, 0.25) is 6.29 Å². The third-order valence-electron chi connectivity index (χ3n) is 2.38. The molecule has 1 atom stereocenters. The number of rotatable bonds is 4. The lowest BCUT2D eigenvalue weighted by molar-refractivity contribution is 0.515. The molecule has 0 amide bonds. The van der Waals surface area contributed by atoms with Crippen molar-refractivity contribution >= 4 is 6.29 Å². The molecule has 0 heterocycles. The second-order valence-corrected chi connectivity index (χ2v) is 3.00. The lowest BCUT2D eigenvalue weighted by atomic mass is 9.80. The van der Waals surface area contributed by atoms with Gasteiger partial charge in [-0.1, -0.05) is 43.3 Å². The SMILES string of the molecule is C=CC([C]=O)(CC)c1ccccc1. The minimum atomic E-state index is -0.624. The summed E-state index contributed by atoms with van der Waals surface area (Å²) in [5, 5.41) is 0. The highest BCUT2D eigenvalue weighted by Crippen LogP contribution is 2.26. The van der Waals surface area contributed by atoms with Crippen LogP contribution in [0.5, 0.6) is 0 Å². The van der Waals surface area contributed by atoms with E-state index in [1.807, 2.05) is 37.3 Å². The van der Waals surface area contributed by atoms with Crippen molar-refractivity contribution in [3.63, 3.8) is 0 Å². The largest absolute Gasteiger partial charge is 0.289 e. The Balaban J connectivity index is 3.15. The van der Waals surface area contributed by atoms with Gasteiger partial charge in [0, 0.05) is 0 Å². The molecule has 1 nitrogen and oxygen atoms in total. The van der Waals surface area contributed by atoms with Gasteiger partial charge in [0.15, 0.2) is 0 Å². The first-order valence-corrected chi connectivity index (χ1v) is 4.37. The molecule has 1 heteroatoms. The summed E-state index contributed by atoms with van der Waals surface area (Å²) in [6, 6.07) is 9.62. The van der Waals surface area contributed by atoms with Gasteiger partial charge in [-0.25, -0.2) is 0 Å². The van der Waals surface area contributed by atoms with Gasteiger partial charge in [0.05, 0.1) is 5.41 Å². The first-order valence-electron chi connectivity index (χ1n) is 4.37. The molecule has 0 fully saturated rings. The Morgan fingerprint density at radius 2 is 2.08 bits per heavy atom. The van der Waals surface area contributed by atoms with E-state index in [2.05, 4.69) is 12.9 Å². The van der Waals surface area contributed by atoms with Crippen molar-refractivity contribution in [1.29, 1.82) is 0 Å². The second kappa shape index (κ2) is 4.04. The first kappa shape index (κ1) is 9.72. The fourth-order valence-electron chi connectivity index (χ4n) is 1.37. The Morgan fingerprint density at radius 3 is 2.46 bits per heavy atom. The van der Waals surface area contributed by atoms with Crippen molar-refractivity contribution in [1.82, 2.24) is 0 Å². The fourth-order valence-corrected chi connectivity index (χ4v) is 1.37. The van der Waals surface area contributed by atoms with E-state index in [1.54, 1.807) is 6.08 Å². The van der Waals surface area contributed by atoms with Crippen molar-refractivity contribution in [2.45, 2.75) is 18.8 Å².